The number of ketones is 1. The highest BCUT2D eigenvalue weighted by Crippen LogP contribution is 2.15. The molecule has 0 rings (SSSR count). The van der Waals surface area contributed by atoms with Crippen LogP contribution < -0.4 is 0 Å². The van der Waals surface area contributed by atoms with Gasteiger partial charge in [0.1, 0.15) is 0 Å². The van der Waals surface area contributed by atoms with Gasteiger partial charge < -0.3 is 10.2 Å². The number of hydrogen-bond acceptors (Lipinski definition) is 3. The van der Waals surface area contributed by atoms with E-state index in [1.54, 1.807) is 26.0 Å². The zero-order chi connectivity index (χ0) is 14.3. The van der Waals surface area contributed by atoms with Gasteiger partial charge in [0.05, 0.1) is 11.7 Å². The number of carbonyl (C=O) groups excluding carboxylic acids is 1. The van der Waals surface area contributed by atoms with E-state index in [4.69, 9.17) is 0 Å². The van der Waals surface area contributed by atoms with E-state index in [2.05, 4.69) is 6.58 Å². The molecule has 0 bridgehead atoms. The Hall–Kier alpha value is -1.19. The maximum Gasteiger partial charge on any atom is 0.159 e. The Kier molecular flexibility index (Phi) is 6.81. The van der Waals surface area contributed by atoms with Gasteiger partial charge in [0.25, 0.3) is 0 Å². The third-order valence-corrected chi connectivity index (χ3v) is 2.44. The lowest BCUT2D eigenvalue weighted by molar-refractivity contribution is -0.114. The van der Waals surface area contributed by atoms with Crippen molar-refractivity contribution < 1.29 is 15.0 Å². The Morgan fingerprint density at radius 2 is 1.94 bits per heavy atom. The average Bonchev–Trinajstić information content (AvgIpc) is 2.14. The Labute approximate surface area is 110 Å². The summed E-state index contributed by atoms with van der Waals surface area (Å²) in [5, 5.41) is 19.5. The van der Waals surface area contributed by atoms with Crippen LogP contribution in [0.2, 0.25) is 0 Å². The predicted octanol–water partition coefficient (Wildman–Crippen LogP) is 2.55. The van der Waals surface area contributed by atoms with E-state index in [1.165, 1.54) is 6.08 Å². The minimum atomic E-state index is -1.10. The van der Waals surface area contributed by atoms with Gasteiger partial charge in [-0.05, 0) is 33.8 Å². The van der Waals surface area contributed by atoms with Gasteiger partial charge in [-0.25, -0.2) is 0 Å². The van der Waals surface area contributed by atoms with Crippen LogP contribution in [0.1, 0.15) is 40.5 Å². The molecule has 18 heavy (non-hydrogen) atoms. The lowest BCUT2D eigenvalue weighted by Crippen LogP contribution is -2.26. The fraction of sp³-hybridized carbons (Fsp3) is 0.533. The topological polar surface area (TPSA) is 57.5 Å². The molecule has 0 saturated carbocycles. The standard InChI is InChI=1S/C15H24O3/c1-6-15(5,18)10-14(17)9-12(4)8-13(16)7-11(2)3/h6-7,9,14,17-18H,1,8,10H2,2-5H3/b12-9+/t14-,15-/m1/s1. The lowest BCUT2D eigenvalue weighted by Gasteiger charge is -2.20. The van der Waals surface area contributed by atoms with Crippen molar-refractivity contribution in [1.29, 1.82) is 0 Å². The van der Waals surface area contributed by atoms with E-state index in [9.17, 15) is 15.0 Å². The summed E-state index contributed by atoms with van der Waals surface area (Å²) < 4.78 is 0. The van der Waals surface area contributed by atoms with Crippen LogP contribution >= 0.6 is 0 Å². The van der Waals surface area contributed by atoms with Crippen molar-refractivity contribution in [3.05, 3.63) is 36.0 Å². The second-order valence-electron chi connectivity index (χ2n) is 5.21. The van der Waals surface area contributed by atoms with Crippen LogP contribution in [0.3, 0.4) is 0 Å². The first-order valence-electron chi connectivity index (χ1n) is 6.05. The van der Waals surface area contributed by atoms with E-state index >= 15 is 0 Å². The Balaban J connectivity index is 4.46. The Morgan fingerprint density at radius 1 is 1.39 bits per heavy atom. The highest BCUT2D eigenvalue weighted by molar-refractivity contribution is 5.91. The quantitative estimate of drug-likeness (QED) is 0.541. The summed E-state index contributed by atoms with van der Waals surface area (Å²) in [6.07, 6.45) is 4.27. The van der Waals surface area contributed by atoms with Gasteiger partial charge >= 0.3 is 0 Å². The van der Waals surface area contributed by atoms with Crippen molar-refractivity contribution in [1.82, 2.24) is 0 Å². The van der Waals surface area contributed by atoms with Crippen LogP contribution in [-0.2, 0) is 4.79 Å². The fourth-order valence-corrected chi connectivity index (χ4v) is 1.60. The fourth-order valence-electron chi connectivity index (χ4n) is 1.60. The van der Waals surface area contributed by atoms with Crippen molar-refractivity contribution in [3.8, 4) is 0 Å². The molecule has 0 aromatic carbocycles. The SMILES string of the molecule is C=C[C@@](C)(O)C[C@H](O)/C=C(\C)CC(=O)C=C(C)C. The van der Waals surface area contributed by atoms with Gasteiger partial charge in [-0.15, -0.1) is 6.58 Å². The zero-order valence-corrected chi connectivity index (χ0v) is 11.7. The van der Waals surface area contributed by atoms with E-state index in [-0.39, 0.29) is 12.2 Å². The molecule has 0 aliphatic heterocycles. The molecule has 102 valence electrons. The van der Waals surface area contributed by atoms with Gasteiger partial charge in [-0.2, -0.15) is 0 Å². The lowest BCUT2D eigenvalue weighted by atomic mass is 9.97. The molecular formula is C15H24O3. The largest absolute Gasteiger partial charge is 0.389 e. The monoisotopic (exact) mass is 252 g/mol. The van der Waals surface area contributed by atoms with Gasteiger partial charge in [0.15, 0.2) is 5.78 Å². The molecule has 0 heterocycles. The number of allylic oxidation sites excluding steroid dienone is 3. The average molecular weight is 252 g/mol. The molecule has 0 aliphatic rings. The van der Waals surface area contributed by atoms with Crippen molar-refractivity contribution >= 4 is 5.78 Å². The van der Waals surface area contributed by atoms with Gasteiger partial charge in [0.2, 0.25) is 0 Å². The first-order chi connectivity index (χ1) is 8.16. The maximum atomic E-state index is 11.5. The molecule has 0 fully saturated rings. The smallest absolute Gasteiger partial charge is 0.159 e. The molecule has 2 atom stereocenters. The third-order valence-electron chi connectivity index (χ3n) is 2.44. The molecule has 0 radical (unpaired) electrons. The zero-order valence-electron chi connectivity index (χ0n) is 11.7. The number of aliphatic hydroxyl groups is 2. The summed E-state index contributed by atoms with van der Waals surface area (Å²) in [5.74, 6) is 0.0198. The van der Waals surface area contributed by atoms with Crippen LogP contribution in [0.15, 0.2) is 36.0 Å². The van der Waals surface area contributed by atoms with Crippen molar-refractivity contribution in [2.45, 2.75) is 52.2 Å². The first-order valence-corrected chi connectivity index (χ1v) is 6.05. The van der Waals surface area contributed by atoms with Gasteiger partial charge in [0, 0.05) is 12.8 Å². The normalized spacial score (nSPS) is 16.7. The molecule has 2 N–H and O–H groups in total. The van der Waals surface area contributed by atoms with Crippen LogP contribution in [0.4, 0.5) is 0 Å². The summed E-state index contributed by atoms with van der Waals surface area (Å²) in [5.41, 5.74) is 0.660. The molecule has 3 heteroatoms. The predicted molar refractivity (Wildman–Crippen MR) is 74.3 cm³/mol. The Bertz CT molecular complexity index is 358. The summed E-state index contributed by atoms with van der Waals surface area (Å²) in [4.78, 5) is 11.5. The molecule has 0 unspecified atom stereocenters. The van der Waals surface area contributed by atoms with Crippen LogP contribution in [0, 0.1) is 0 Å². The number of aliphatic hydroxyl groups excluding tert-OH is 1. The van der Waals surface area contributed by atoms with E-state index < -0.39 is 11.7 Å². The van der Waals surface area contributed by atoms with Crippen LogP contribution in [-0.4, -0.2) is 27.7 Å². The van der Waals surface area contributed by atoms with Gasteiger partial charge in [-0.1, -0.05) is 23.3 Å². The molecular weight excluding hydrogens is 228 g/mol. The molecule has 0 spiro atoms. The molecule has 0 saturated heterocycles. The summed E-state index contributed by atoms with van der Waals surface area (Å²) in [7, 11) is 0. The van der Waals surface area contributed by atoms with E-state index in [0.29, 0.717) is 6.42 Å². The summed E-state index contributed by atoms with van der Waals surface area (Å²) >= 11 is 0. The molecule has 0 amide bonds. The number of hydrogen-bond donors (Lipinski definition) is 2. The summed E-state index contributed by atoms with van der Waals surface area (Å²) in [6, 6.07) is 0. The molecule has 0 aromatic heterocycles. The molecule has 3 nitrogen and oxygen atoms in total. The van der Waals surface area contributed by atoms with E-state index in [0.717, 1.165) is 11.1 Å². The second kappa shape index (κ2) is 7.29. The third kappa shape index (κ3) is 7.98. The van der Waals surface area contributed by atoms with Gasteiger partial charge in [-0.3, -0.25) is 4.79 Å². The summed E-state index contributed by atoms with van der Waals surface area (Å²) in [6.45, 7) is 10.6. The minimum Gasteiger partial charge on any atom is -0.389 e. The second-order valence-corrected chi connectivity index (χ2v) is 5.21. The first kappa shape index (κ1) is 16.8. The highest BCUT2D eigenvalue weighted by atomic mass is 16.3. The Morgan fingerprint density at radius 3 is 2.39 bits per heavy atom. The van der Waals surface area contributed by atoms with Crippen molar-refractivity contribution in [3.63, 3.8) is 0 Å². The maximum absolute atomic E-state index is 11.5. The number of rotatable bonds is 7. The van der Waals surface area contributed by atoms with E-state index in [1.807, 2.05) is 13.8 Å². The van der Waals surface area contributed by atoms with Crippen molar-refractivity contribution in [2.75, 3.05) is 0 Å². The molecule has 0 aliphatic carbocycles. The highest BCUT2D eigenvalue weighted by Gasteiger charge is 2.19. The number of carbonyl (C=O) groups is 1. The van der Waals surface area contributed by atoms with Crippen LogP contribution in [0.5, 0.6) is 0 Å². The molecule has 0 aromatic rings. The minimum absolute atomic E-state index is 0.0198. The van der Waals surface area contributed by atoms with Crippen molar-refractivity contribution in [2.24, 2.45) is 0 Å². The van der Waals surface area contributed by atoms with Crippen LogP contribution in [0.25, 0.3) is 0 Å².